The number of aromatic nitrogens is 1. The molecule has 8 heteroatoms. The van der Waals surface area contributed by atoms with Gasteiger partial charge in [0.05, 0.1) is 15.1 Å². The first kappa shape index (κ1) is 19.0. The molecular formula is C18H24N4S4. The monoisotopic (exact) mass is 424 g/mol. The highest BCUT2D eigenvalue weighted by molar-refractivity contribution is 8.17. The summed E-state index contributed by atoms with van der Waals surface area (Å²) in [5.74, 6) is 3.39. The molecule has 3 aliphatic heterocycles. The summed E-state index contributed by atoms with van der Waals surface area (Å²) in [7, 11) is 0. The van der Waals surface area contributed by atoms with E-state index in [1.165, 1.54) is 10.1 Å². The summed E-state index contributed by atoms with van der Waals surface area (Å²) in [4.78, 5) is 19.8. The highest BCUT2D eigenvalue weighted by Gasteiger charge is 2.48. The summed E-state index contributed by atoms with van der Waals surface area (Å²) in [5.41, 5.74) is -0.616. The maximum atomic E-state index is 5.19. The molecule has 0 aliphatic carbocycles. The minimum absolute atomic E-state index is 0.171. The third-order valence-corrected chi connectivity index (χ3v) is 10.5. The molecule has 0 saturated heterocycles. The molecule has 0 radical (unpaired) electrons. The number of hydrogen-bond donors (Lipinski definition) is 0. The Balaban J connectivity index is 1.61. The van der Waals surface area contributed by atoms with Gasteiger partial charge in [-0.2, -0.15) is 0 Å². The van der Waals surface area contributed by atoms with E-state index in [0.29, 0.717) is 5.92 Å². The molecule has 0 aromatic carbocycles. The fourth-order valence-corrected chi connectivity index (χ4v) is 8.06. The molecule has 4 rings (SSSR count). The fraction of sp³-hybridized carbons (Fsp3) is 0.667. The molecule has 140 valence electrons. The number of thiazole rings is 1. The van der Waals surface area contributed by atoms with Crippen LogP contribution in [0.1, 0.15) is 39.6 Å². The summed E-state index contributed by atoms with van der Waals surface area (Å²) in [6.07, 6.45) is 1.87. The molecule has 3 aliphatic rings. The summed E-state index contributed by atoms with van der Waals surface area (Å²) < 4.78 is 0. The van der Waals surface area contributed by atoms with Crippen LogP contribution in [0.4, 0.5) is 0 Å². The van der Waals surface area contributed by atoms with Crippen LogP contribution in [-0.2, 0) is 5.54 Å². The predicted molar refractivity (Wildman–Crippen MR) is 121 cm³/mol. The second-order valence-corrected chi connectivity index (χ2v) is 11.8. The van der Waals surface area contributed by atoms with Crippen LogP contribution in [0.2, 0.25) is 0 Å². The molecule has 3 atom stereocenters. The molecule has 0 amide bonds. The number of rotatable bonds is 4. The molecule has 4 nitrogen and oxygen atoms in total. The first-order valence-corrected chi connectivity index (χ1v) is 12.7. The van der Waals surface area contributed by atoms with Crippen molar-refractivity contribution < 1.29 is 0 Å². The van der Waals surface area contributed by atoms with Crippen LogP contribution in [0.15, 0.2) is 26.6 Å². The van der Waals surface area contributed by atoms with Gasteiger partial charge in [0.1, 0.15) is 21.6 Å². The summed E-state index contributed by atoms with van der Waals surface area (Å²) in [6, 6.07) is 0. The third-order valence-electron chi connectivity index (χ3n) is 4.84. The Labute approximate surface area is 172 Å². The molecule has 0 N–H and O–H groups in total. The van der Waals surface area contributed by atoms with E-state index in [2.05, 4.69) is 39.6 Å². The fourth-order valence-electron chi connectivity index (χ4n) is 3.18. The van der Waals surface area contributed by atoms with Crippen LogP contribution in [-0.4, -0.2) is 48.5 Å². The van der Waals surface area contributed by atoms with Crippen molar-refractivity contribution in [2.24, 2.45) is 20.9 Å². The van der Waals surface area contributed by atoms with Crippen molar-refractivity contribution in [2.75, 3.05) is 17.3 Å². The average molecular weight is 425 g/mol. The van der Waals surface area contributed by atoms with Crippen molar-refractivity contribution in [3.63, 3.8) is 0 Å². The van der Waals surface area contributed by atoms with Gasteiger partial charge in [0.15, 0.2) is 0 Å². The van der Waals surface area contributed by atoms with Gasteiger partial charge in [-0.1, -0.05) is 13.8 Å². The predicted octanol–water partition coefficient (Wildman–Crippen LogP) is 4.97. The minimum Gasteiger partial charge on any atom is -0.268 e. The number of aliphatic imine (C=N–C) groups is 3. The zero-order chi connectivity index (χ0) is 18.6. The number of nitrogens with zero attached hydrogens (tertiary/aromatic N) is 4. The molecule has 0 fully saturated rings. The van der Waals surface area contributed by atoms with Crippen LogP contribution in [0.5, 0.6) is 0 Å². The molecule has 4 heterocycles. The lowest BCUT2D eigenvalue weighted by Crippen LogP contribution is -2.33. The van der Waals surface area contributed by atoms with E-state index in [1.807, 2.05) is 46.9 Å². The first-order chi connectivity index (χ1) is 12.2. The summed E-state index contributed by atoms with van der Waals surface area (Å²) in [5, 5.41) is 6.72. The highest BCUT2D eigenvalue weighted by Crippen LogP contribution is 2.46. The topological polar surface area (TPSA) is 50.0 Å². The van der Waals surface area contributed by atoms with Crippen LogP contribution in [0.3, 0.4) is 0 Å². The van der Waals surface area contributed by atoms with Gasteiger partial charge in [0, 0.05) is 34.8 Å². The molecular weight excluding hydrogens is 400 g/mol. The first-order valence-electron chi connectivity index (χ1n) is 8.83. The Bertz CT molecular complexity index is 800. The zero-order valence-electron chi connectivity index (χ0n) is 15.8. The maximum Gasteiger partial charge on any atom is 0.121 e. The van der Waals surface area contributed by atoms with E-state index in [0.717, 1.165) is 27.3 Å². The van der Waals surface area contributed by atoms with E-state index < -0.39 is 0 Å². The van der Waals surface area contributed by atoms with Gasteiger partial charge in [0.25, 0.3) is 0 Å². The normalized spacial score (nSPS) is 37.2. The molecule has 1 aromatic rings. The van der Waals surface area contributed by atoms with Gasteiger partial charge in [-0.25, -0.2) is 4.98 Å². The Morgan fingerprint density at radius 1 is 0.846 bits per heavy atom. The van der Waals surface area contributed by atoms with Gasteiger partial charge in [-0.3, -0.25) is 15.0 Å². The zero-order valence-corrected chi connectivity index (χ0v) is 19.0. The van der Waals surface area contributed by atoms with Gasteiger partial charge in [-0.15, -0.1) is 46.6 Å². The van der Waals surface area contributed by atoms with Gasteiger partial charge in [0.2, 0.25) is 0 Å². The van der Waals surface area contributed by atoms with Crippen molar-refractivity contribution in [1.82, 2.24) is 4.98 Å². The van der Waals surface area contributed by atoms with Gasteiger partial charge in [-0.05, 0) is 20.8 Å². The van der Waals surface area contributed by atoms with Crippen LogP contribution < -0.4 is 0 Å². The SMILES string of the molecule is CC(C)C1=N[C@@](C)(C2=N[C@](C)(C3=N[C@](C)(c4nccs4)CS3)CS2)CS1. The van der Waals surface area contributed by atoms with E-state index >= 15 is 0 Å². The second kappa shape index (κ2) is 6.64. The lowest BCUT2D eigenvalue weighted by Gasteiger charge is -2.21. The van der Waals surface area contributed by atoms with Crippen molar-refractivity contribution in [1.29, 1.82) is 0 Å². The van der Waals surface area contributed by atoms with Crippen LogP contribution in [0, 0.1) is 5.92 Å². The lowest BCUT2D eigenvalue weighted by molar-refractivity contribution is 0.568. The van der Waals surface area contributed by atoms with E-state index in [1.54, 1.807) is 11.3 Å². The Morgan fingerprint density at radius 3 is 2.00 bits per heavy atom. The van der Waals surface area contributed by atoms with Crippen molar-refractivity contribution in [3.8, 4) is 0 Å². The number of hydrogen-bond acceptors (Lipinski definition) is 8. The molecule has 0 bridgehead atoms. The van der Waals surface area contributed by atoms with Crippen molar-refractivity contribution in [3.05, 3.63) is 16.6 Å². The van der Waals surface area contributed by atoms with Crippen molar-refractivity contribution in [2.45, 2.75) is 51.2 Å². The average Bonchev–Trinajstić information content (AvgIpc) is 3.33. The smallest absolute Gasteiger partial charge is 0.121 e. The largest absolute Gasteiger partial charge is 0.268 e. The highest BCUT2D eigenvalue weighted by atomic mass is 32.2. The van der Waals surface area contributed by atoms with E-state index in [9.17, 15) is 0 Å². The van der Waals surface area contributed by atoms with Crippen LogP contribution in [0.25, 0.3) is 0 Å². The van der Waals surface area contributed by atoms with E-state index in [4.69, 9.17) is 15.0 Å². The molecule has 0 saturated carbocycles. The maximum absolute atomic E-state index is 5.19. The van der Waals surface area contributed by atoms with Gasteiger partial charge >= 0.3 is 0 Å². The van der Waals surface area contributed by atoms with Gasteiger partial charge < -0.3 is 0 Å². The van der Waals surface area contributed by atoms with Crippen molar-refractivity contribution >= 4 is 61.8 Å². The molecule has 0 spiro atoms. The summed E-state index contributed by atoms with van der Waals surface area (Å²) >= 11 is 7.29. The van der Waals surface area contributed by atoms with Crippen LogP contribution >= 0.6 is 46.6 Å². The standard InChI is InChI=1S/C18H24N4S4/c1-11(2)12-20-17(4,8-24-12)14-22-18(5,10-26-14)15-21-16(3,9-25-15)13-19-6-7-23-13/h6-7,11H,8-10H2,1-5H3/t16-,17+,18-/m0/s1. The number of thioether (sulfide) groups is 3. The van der Waals surface area contributed by atoms with E-state index in [-0.39, 0.29) is 16.6 Å². The molecule has 0 unspecified atom stereocenters. The minimum atomic E-state index is -0.233. The quantitative estimate of drug-likeness (QED) is 0.685. The molecule has 26 heavy (non-hydrogen) atoms. The lowest BCUT2D eigenvalue weighted by atomic mass is 10.0. The Morgan fingerprint density at radius 2 is 1.42 bits per heavy atom. The third kappa shape index (κ3) is 3.20. The Hall–Kier alpha value is -0.310. The second-order valence-electron chi connectivity index (χ2n) is 7.96. The summed E-state index contributed by atoms with van der Waals surface area (Å²) in [6.45, 7) is 11.1. The molecule has 1 aromatic heterocycles. The Kier molecular flexibility index (Phi) is 4.86.